The molecule has 2 N–H and O–H groups in total. The van der Waals surface area contributed by atoms with Gasteiger partial charge in [-0.15, -0.1) is 0 Å². The van der Waals surface area contributed by atoms with Crippen LogP contribution in [-0.4, -0.2) is 16.5 Å². The third-order valence-corrected chi connectivity index (χ3v) is 3.94. The van der Waals surface area contributed by atoms with Crippen LogP contribution in [0.4, 0.5) is 17.3 Å². The molecule has 4 nitrogen and oxygen atoms in total. The number of benzene rings is 1. The van der Waals surface area contributed by atoms with Crippen molar-refractivity contribution in [3.63, 3.8) is 0 Å². The Morgan fingerprint density at radius 1 is 1.15 bits per heavy atom. The van der Waals surface area contributed by atoms with Crippen molar-refractivity contribution in [2.45, 2.75) is 27.2 Å². The van der Waals surface area contributed by atoms with E-state index in [1.54, 1.807) is 6.33 Å². The monoisotopic (exact) mass is 334 g/mol. The number of hydrogen-bond acceptors (Lipinski definition) is 4. The fourth-order valence-corrected chi connectivity index (χ4v) is 2.28. The van der Waals surface area contributed by atoms with E-state index in [0.717, 1.165) is 34.8 Å². The molecular formula is C15H19BrN4. The van der Waals surface area contributed by atoms with Gasteiger partial charge in [0.1, 0.15) is 22.4 Å². The normalized spacial score (nSPS) is 10.4. The predicted octanol–water partition coefficient (Wildman–Crippen LogP) is 4.42. The summed E-state index contributed by atoms with van der Waals surface area (Å²) in [5, 5.41) is 6.64. The lowest BCUT2D eigenvalue weighted by Crippen LogP contribution is -2.05. The molecule has 0 aliphatic heterocycles. The van der Waals surface area contributed by atoms with Gasteiger partial charge in [0.2, 0.25) is 0 Å². The third-order valence-electron chi connectivity index (χ3n) is 3.19. The summed E-state index contributed by atoms with van der Waals surface area (Å²) < 4.78 is 0.856. The highest BCUT2D eigenvalue weighted by atomic mass is 79.9. The zero-order valence-corrected chi connectivity index (χ0v) is 13.6. The number of hydrogen-bond donors (Lipinski definition) is 2. The maximum Gasteiger partial charge on any atom is 0.150 e. The first kappa shape index (κ1) is 14.8. The van der Waals surface area contributed by atoms with Crippen LogP contribution < -0.4 is 10.6 Å². The number of nitrogens with zero attached hydrogens (tertiary/aromatic N) is 2. The smallest absolute Gasteiger partial charge is 0.150 e. The van der Waals surface area contributed by atoms with E-state index in [4.69, 9.17) is 0 Å². The van der Waals surface area contributed by atoms with Gasteiger partial charge in [0, 0.05) is 12.2 Å². The number of aryl methyl sites for hydroxylation is 1. The third kappa shape index (κ3) is 3.28. The Bertz CT molecular complexity index is 598. The van der Waals surface area contributed by atoms with Crippen LogP contribution in [-0.2, 0) is 0 Å². The predicted molar refractivity (Wildman–Crippen MR) is 87.7 cm³/mol. The summed E-state index contributed by atoms with van der Waals surface area (Å²) in [5.74, 6) is 1.59. The van der Waals surface area contributed by atoms with Gasteiger partial charge in [0.25, 0.3) is 0 Å². The van der Waals surface area contributed by atoms with Gasteiger partial charge in [0.05, 0.1) is 0 Å². The lowest BCUT2D eigenvalue weighted by molar-refractivity contribution is 0.962. The molecule has 106 valence electrons. The topological polar surface area (TPSA) is 49.8 Å². The summed E-state index contributed by atoms with van der Waals surface area (Å²) in [6.45, 7) is 7.21. The zero-order valence-electron chi connectivity index (χ0n) is 12.0. The molecule has 0 radical (unpaired) electrons. The highest BCUT2D eigenvalue weighted by Crippen LogP contribution is 2.30. The number of rotatable bonds is 5. The first-order valence-electron chi connectivity index (χ1n) is 6.71. The standard InChI is InChI=1S/C15H19BrN4/c1-4-8-17-14-13(16)15(19-9-18-14)20-12-7-5-6-10(2)11(12)3/h5-7,9H,4,8H2,1-3H3,(H2,17,18,19,20). The molecule has 1 heterocycles. The molecule has 0 spiro atoms. The van der Waals surface area contributed by atoms with Gasteiger partial charge in [0.15, 0.2) is 0 Å². The quantitative estimate of drug-likeness (QED) is 0.849. The van der Waals surface area contributed by atoms with Crippen LogP contribution in [0.2, 0.25) is 0 Å². The van der Waals surface area contributed by atoms with E-state index in [9.17, 15) is 0 Å². The van der Waals surface area contributed by atoms with Gasteiger partial charge in [-0.25, -0.2) is 9.97 Å². The van der Waals surface area contributed by atoms with Crippen molar-refractivity contribution >= 4 is 33.3 Å². The first-order valence-corrected chi connectivity index (χ1v) is 7.50. The van der Waals surface area contributed by atoms with Crippen LogP contribution in [0.1, 0.15) is 24.5 Å². The Labute approximate surface area is 128 Å². The molecule has 0 aliphatic rings. The summed E-state index contributed by atoms with van der Waals surface area (Å²) in [6.07, 6.45) is 2.62. The Morgan fingerprint density at radius 2 is 1.90 bits per heavy atom. The number of halogens is 1. The second-order valence-electron chi connectivity index (χ2n) is 4.68. The average Bonchev–Trinajstić information content (AvgIpc) is 2.44. The van der Waals surface area contributed by atoms with Crippen molar-refractivity contribution in [3.8, 4) is 0 Å². The van der Waals surface area contributed by atoms with Crippen molar-refractivity contribution < 1.29 is 0 Å². The van der Waals surface area contributed by atoms with Crippen molar-refractivity contribution in [1.82, 2.24) is 9.97 Å². The lowest BCUT2D eigenvalue weighted by atomic mass is 10.1. The van der Waals surface area contributed by atoms with Crippen LogP contribution in [0.25, 0.3) is 0 Å². The summed E-state index contributed by atoms with van der Waals surface area (Å²) in [6, 6.07) is 6.19. The van der Waals surface area contributed by atoms with Crippen molar-refractivity contribution in [2.24, 2.45) is 0 Å². The molecule has 0 saturated heterocycles. The Balaban J connectivity index is 2.27. The largest absolute Gasteiger partial charge is 0.369 e. The minimum Gasteiger partial charge on any atom is -0.369 e. The summed E-state index contributed by atoms with van der Waals surface area (Å²) >= 11 is 3.56. The van der Waals surface area contributed by atoms with E-state index in [1.165, 1.54) is 11.1 Å². The second-order valence-corrected chi connectivity index (χ2v) is 5.48. The van der Waals surface area contributed by atoms with Crippen LogP contribution in [0.5, 0.6) is 0 Å². The van der Waals surface area contributed by atoms with Gasteiger partial charge in [-0.2, -0.15) is 0 Å². The second kappa shape index (κ2) is 6.70. The first-order chi connectivity index (χ1) is 9.63. The molecule has 1 aromatic carbocycles. The minimum atomic E-state index is 0.771. The Morgan fingerprint density at radius 3 is 2.65 bits per heavy atom. The summed E-state index contributed by atoms with van der Waals surface area (Å²) in [5.41, 5.74) is 3.54. The molecule has 0 bridgehead atoms. The van der Waals surface area contributed by atoms with Crippen LogP contribution in [0.15, 0.2) is 29.0 Å². The van der Waals surface area contributed by atoms with E-state index in [0.29, 0.717) is 0 Å². The molecule has 0 fully saturated rings. The zero-order chi connectivity index (χ0) is 14.5. The van der Waals surface area contributed by atoms with Gasteiger partial charge < -0.3 is 10.6 Å². The van der Waals surface area contributed by atoms with Gasteiger partial charge in [-0.1, -0.05) is 19.1 Å². The van der Waals surface area contributed by atoms with Crippen LogP contribution in [0.3, 0.4) is 0 Å². The maximum absolute atomic E-state index is 4.30. The molecule has 0 saturated carbocycles. The molecule has 0 atom stereocenters. The Kier molecular flexibility index (Phi) is 4.95. The number of anilines is 3. The average molecular weight is 335 g/mol. The maximum atomic E-state index is 4.30. The fraction of sp³-hybridized carbons (Fsp3) is 0.333. The van der Waals surface area contributed by atoms with Crippen molar-refractivity contribution in [1.29, 1.82) is 0 Å². The molecular weight excluding hydrogens is 316 g/mol. The molecule has 0 aliphatic carbocycles. The van der Waals surface area contributed by atoms with E-state index in [-0.39, 0.29) is 0 Å². The van der Waals surface area contributed by atoms with Crippen LogP contribution >= 0.6 is 15.9 Å². The van der Waals surface area contributed by atoms with Gasteiger partial charge in [-0.05, 0) is 53.4 Å². The molecule has 0 unspecified atom stereocenters. The minimum absolute atomic E-state index is 0.771. The molecule has 2 rings (SSSR count). The molecule has 5 heteroatoms. The highest BCUT2D eigenvalue weighted by Gasteiger charge is 2.09. The van der Waals surface area contributed by atoms with E-state index >= 15 is 0 Å². The molecule has 2 aromatic rings. The summed E-state index contributed by atoms with van der Waals surface area (Å²) in [4.78, 5) is 8.55. The van der Waals surface area contributed by atoms with Crippen molar-refractivity contribution in [2.75, 3.05) is 17.2 Å². The van der Waals surface area contributed by atoms with E-state index in [2.05, 4.69) is 69.4 Å². The fourth-order valence-electron chi connectivity index (χ4n) is 1.84. The number of aromatic nitrogens is 2. The highest BCUT2D eigenvalue weighted by molar-refractivity contribution is 9.10. The molecule has 1 aromatic heterocycles. The Hall–Kier alpha value is -1.62. The van der Waals surface area contributed by atoms with E-state index in [1.807, 2.05) is 6.07 Å². The van der Waals surface area contributed by atoms with Crippen LogP contribution in [0, 0.1) is 13.8 Å². The van der Waals surface area contributed by atoms with Crippen molar-refractivity contribution in [3.05, 3.63) is 40.1 Å². The SMILES string of the molecule is CCCNc1ncnc(Nc2cccc(C)c2C)c1Br. The van der Waals surface area contributed by atoms with E-state index < -0.39 is 0 Å². The summed E-state index contributed by atoms with van der Waals surface area (Å²) in [7, 11) is 0. The van der Waals surface area contributed by atoms with Gasteiger partial charge >= 0.3 is 0 Å². The molecule has 20 heavy (non-hydrogen) atoms. The lowest BCUT2D eigenvalue weighted by Gasteiger charge is -2.13. The molecule has 0 amide bonds. The number of nitrogens with one attached hydrogen (secondary N) is 2. The van der Waals surface area contributed by atoms with Gasteiger partial charge in [-0.3, -0.25) is 0 Å².